The van der Waals surface area contributed by atoms with Crippen molar-refractivity contribution >= 4 is 11.7 Å². The van der Waals surface area contributed by atoms with Crippen LogP contribution in [0.3, 0.4) is 0 Å². The van der Waals surface area contributed by atoms with E-state index in [1.807, 2.05) is 0 Å². The number of nitrogens with two attached hydrogens (primary N) is 1. The van der Waals surface area contributed by atoms with Crippen molar-refractivity contribution in [1.82, 2.24) is 0 Å². The van der Waals surface area contributed by atoms with Gasteiger partial charge in [-0.1, -0.05) is 0 Å². The summed E-state index contributed by atoms with van der Waals surface area (Å²) in [6, 6.07) is 0. The van der Waals surface area contributed by atoms with Crippen LogP contribution in [0.5, 0.6) is 0 Å². The molecule has 0 unspecified atom stereocenters. The van der Waals surface area contributed by atoms with Gasteiger partial charge < -0.3 is 10.5 Å². The number of hydrogen-bond acceptors (Lipinski definition) is 4. The standard InChI is InChI=1S/C7H12N2O2/c1-3-11-7(10)6(2)9-5-4-8/h4-5H,3,8H2,1-2H3/b5-4-,9-6+. The van der Waals surface area contributed by atoms with E-state index in [1.165, 1.54) is 12.4 Å². The Labute approximate surface area is 65.7 Å². The molecule has 0 atom stereocenters. The second-order valence-corrected chi connectivity index (χ2v) is 1.78. The molecule has 0 spiro atoms. The molecule has 0 saturated heterocycles. The zero-order valence-electron chi connectivity index (χ0n) is 6.70. The van der Waals surface area contributed by atoms with Crippen LogP contribution in [-0.4, -0.2) is 18.3 Å². The van der Waals surface area contributed by atoms with Crippen molar-refractivity contribution < 1.29 is 9.53 Å². The van der Waals surface area contributed by atoms with Crippen LogP contribution in [0, 0.1) is 0 Å². The summed E-state index contributed by atoms with van der Waals surface area (Å²) in [7, 11) is 0. The zero-order valence-corrected chi connectivity index (χ0v) is 6.70. The number of aliphatic imine (C=N–C) groups is 1. The average molecular weight is 156 g/mol. The second kappa shape index (κ2) is 5.46. The van der Waals surface area contributed by atoms with E-state index < -0.39 is 5.97 Å². The van der Waals surface area contributed by atoms with E-state index in [9.17, 15) is 4.79 Å². The van der Waals surface area contributed by atoms with Crippen LogP contribution in [0.15, 0.2) is 17.4 Å². The van der Waals surface area contributed by atoms with E-state index in [0.29, 0.717) is 12.3 Å². The smallest absolute Gasteiger partial charge is 0.352 e. The van der Waals surface area contributed by atoms with Gasteiger partial charge in [-0.3, -0.25) is 4.99 Å². The number of carbonyl (C=O) groups excluding carboxylic acids is 1. The SMILES string of the molecule is CCOC(=O)/C(C)=N/C=C\N. The Kier molecular flexibility index (Phi) is 4.81. The maximum absolute atomic E-state index is 10.8. The molecular weight excluding hydrogens is 144 g/mol. The molecule has 0 aliphatic rings. The van der Waals surface area contributed by atoms with Crippen molar-refractivity contribution in [2.45, 2.75) is 13.8 Å². The fourth-order valence-electron chi connectivity index (χ4n) is 0.443. The quantitative estimate of drug-likeness (QED) is 0.476. The monoisotopic (exact) mass is 156 g/mol. The molecule has 0 aromatic heterocycles. The molecule has 0 bridgehead atoms. The molecule has 2 N–H and O–H groups in total. The van der Waals surface area contributed by atoms with E-state index in [2.05, 4.69) is 9.73 Å². The summed E-state index contributed by atoms with van der Waals surface area (Å²) < 4.78 is 4.66. The molecular formula is C7H12N2O2. The van der Waals surface area contributed by atoms with E-state index >= 15 is 0 Å². The van der Waals surface area contributed by atoms with Gasteiger partial charge in [-0.15, -0.1) is 0 Å². The largest absolute Gasteiger partial charge is 0.462 e. The highest BCUT2D eigenvalue weighted by Crippen LogP contribution is 1.84. The summed E-state index contributed by atoms with van der Waals surface area (Å²) in [6.07, 6.45) is 2.59. The molecule has 0 aliphatic carbocycles. The Balaban J connectivity index is 4.00. The maximum Gasteiger partial charge on any atom is 0.352 e. The summed E-state index contributed by atoms with van der Waals surface area (Å²) in [5.74, 6) is -0.411. The third-order valence-corrected chi connectivity index (χ3v) is 0.925. The lowest BCUT2D eigenvalue weighted by Gasteiger charge is -1.97. The maximum atomic E-state index is 10.8. The number of hydrogen-bond donors (Lipinski definition) is 1. The predicted molar refractivity (Wildman–Crippen MR) is 43.1 cm³/mol. The first-order chi connectivity index (χ1) is 5.22. The lowest BCUT2D eigenvalue weighted by atomic mass is 10.4. The van der Waals surface area contributed by atoms with Gasteiger partial charge >= 0.3 is 5.97 Å². The number of ether oxygens (including phenoxy) is 1. The number of carbonyl (C=O) groups is 1. The van der Waals surface area contributed by atoms with Crippen molar-refractivity contribution in [2.24, 2.45) is 10.7 Å². The van der Waals surface area contributed by atoms with Crippen LogP contribution in [0.2, 0.25) is 0 Å². The molecule has 0 fully saturated rings. The molecule has 0 aliphatic heterocycles. The summed E-state index contributed by atoms with van der Waals surface area (Å²) in [5, 5.41) is 0. The fourth-order valence-corrected chi connectivity index (χ4v) is 0.443. The van der Waals surface area contributed by atoms with E-state index in [4.69, 9.17) is 5.73 Å². The fraction of sp³-hybridized carbons (Fsp3) is 0.429. The Hall–Kier alpha value is -1.32. The minimum Gasteiger partial charge on any atom is -0.462 e. The van der Waals surface area contributed by atoms with Crippen molar-refractivity contribution in [3.8, 4) is 0 Å². The lowest BCUT2D eigenvalue weighted by molar-refractivity contribution is -0.135. The predicted octanol–water partition coefficient (Wildman–Crippen LogP) is 0.440. The van der Waals surface area contributed by atoms with Gasteiger partial charge in [0, 0.05) is 12.4 Å². The molecule has 0 aromatic rings. The summed E-state index contributed by atoms with van der Waals surface area (Å²) in [5.41, 5.74) is 5.31. The summed E-state index contributed by atoms with van der Waals surface area (Å²) in [6.45, 7) is 3.67. The Morgan fingerprint density at radius 2 is 2.36 bits per heavy atom. The van der Waals surface area contributed by atoms with Crippen LogP contribution in [-0.2, 0) is 9.53 Å². The van der Waals surface area contributed by atoms with Gasteiger partial charge in [0.15, 0.2) is 0 Å². The van der Waals surface area contributed by atoms with Crippen molar-refractivity contribution in [1.29, 1.82) is 0 Å². The Morgan fingerprint density at radius 1 is 1.73 bits per heavy atom. The lowest BCUT2D eigenvalue weighted by Crippen LogP contribution is -2.13. The van der Waals surface area contributed by atoms with Gasteiger partial charge in [0.25, 0.3) is 0 Å². The van der Waals surface area contributed by atoms with Crippen LogP contribution < -0.4 is 5.73 Å². The molecule has 4 nitrogen and oxygen atoms in total. The summed E-state index contributed by atoms with van der Waals surface area (Å²) in [4.78, 5) is 14.5. The number of rotatable bonds is 3. The van der Waals surface area contributed by atoms with Crippen LogP contribution in [0.1, 0.15) is 13.8 Å². The first kappa shape index (κ1) is 9.68. The van der Waals surface area contributed by atoms with Crippen molar-refractivity contribution in [2.75, 3.05) is 6.61 Å². The van der Waals surface area contributed by atoms with Crippen molar-refractivity contribution in [3.05, 3.63) is 12.4 Å². The van der Waals surface area contributed by atoms with Gasteiger partial charge in [0.1, 0.15) is 5.71 Å². The van der Waals surface area contributed by atoms with Gasteiger partial charge in [0.05, 0.1) is 6.61 Å². The van der Waals surface area contributed by atoms with Gasteiger partial charge in [-0.25, -0.2) is 4.79 Å². The van der Waals surface area contributed by atoms with E-state index in [1.54, 1.807) is 13.8 Å². The Bertz CT molecular complexity index is 185. The molecule has 0 saturated carbocycles. The molecule has 0 aromatic carbocycles. The van der Waals surface area contributed by atoms with Crippen LogP contribution >= 0.6 is 0 Å². The van der Waals surface area contributed by atoms with Gasteiger partial charge in [-0.05, 0) is 13.8 Å². The van der Waals surface area contributed by atoms with Crippen LogP contribution in [0.25, 0.3) is 0 Å². The minimum absolute atomic E-state index is 0.300. The molecule has 0 heterocycles. The normalized spacial score (nSPS) is 12.0. The minimum atomic E-state index is -0.411. The van der Waals surface area contributed by atoms with Gasteiger partial charge in [0.2, 0.25) is 0 Å². The highest BCUT2D eigenvalue weighted by molar-refractivity contribution is 6.35. The highest BCUT2D eigenvalue weighted by Gasteiger charge is 2.03. The van der Waals surface area contributed by atoms with Crippen molar-refractivity contribution in [3.63, 3.8) is 0 Å². The first-order valence-electron chi connectivity index (χ1n) is 3.30. The zero-order chi connectivity index (χ0) is 8.69. The van der Waals surface area contributed by atoms with Crippen LogP contribution in [0.4, 0.5) is 0 Å². The molecule has 4 heteroatoms. The number of esters is 1. The third-order valence-electron chi connectivity index (χ3n) is 0.925. The third kappa shape index (κ3) is 4.13. The number of nitrogens with zero attached hydrogens (tertiary/aromatic N) is 1. The second-order valence-electron chi connectivity index (χ2n) is 1.78. The van der Waals surface area contributed by atoms with Gasteiger partial charge in [-0.2, -0.15) is 0 Å². The van der Waals surface area contributed by atoms with E-state index in [0.717, 1.165) is 0 Å². The molecule has 0 rings (SSSR count). The highest BCUT2D eigenvalue weighted by atomic mass is 16.5. The Morgan fingerprint density at radius 3 is 2.82 bits per heavy atom. The molecule has 0 amide bonds. The summed E-state index contributed by atoms with van der Waals surface area (Å²) >= 11 is 0. The molecule has 11 heavy (non-hydrogen) atoms. The first-order valence-corrected chi connectivity index (χ1v) is 3.30. The van der Waals surface area contributed by atoms with E-state index in [-0.39, 0.29) is 0 Å². The average Bonchev–Trinajstić information content (AvgIpc) is 2.00. The topological polar surface area (TPSA) is 64.7 Å². The molecule has 62 valence electrons. The molecule has 0 radical (unpaired) electrons.